The zero-order valence-electron chi connectivity index (χ0n) is 9.13. The molecule has 0 aromatic rings. The van der Waals surface area contributed by atoms with Gasteiger partial charge in [-0.15, -0.1) is 0 Å². The molecule has 0 bridgehead atoms. The summed E-state index contributed by atoms with van der Waals surface area (Å²) in [5, 5.41) is 2.08. The van der Waals surface area contributed by atoms with Gasteiger partial charge in [-0.1, -0.05) is 38.5 Å². The first-order chi connectivity index (χ1) is 6.45. The van der Waals surface area contributed by atoms with E-state index in [1.54, 1.807) is 0 Å². The second kappa shape index (κ2) is 7.05. The van der Waals surface area contributed by atoms with Crippen molar-refractivity contribution in [1.82, 2.24) is 0 Å². The van der Waals surface area contributed by atoms with E-state index in [1.165, 1.54) is 64.2 Å². The minimum atomic E-state index is 0. The van der Waals surface area contributed by atoms with Crippen molar-refractivity contribution in [3.8, 4) is 0 Å². The topological polar surface area (TPSA) is 0 Å². The molecule has 2 aliphatic carbocycles. The van der Waals surface area contributed by atoms with E-state index in [2.05, 4.69) is 11.8 Å². The number of thioether (sulfide) groups is 1. The van der Waals surface area contributed by atoms with E-state index in [-0.39, 0.29) is 13.5 Å². The average molecular weight is 232 g/mol. The lowest BCUT2D eigenvalue weighted by atomic mass is 10.00. The third-order valence-electron chi connectivity index (χ3n) is 3.49. The maximum atomic E-state index is 2.34. The summed E-state index contributed by atoms with van der Waals surface area (Å²) in [6.45, 7) is 0. The predicted molar refractivity (Wildman–Crippen MR) is 71.7 cm³/mol. The molecule has 14 heavy (non-hydrogen) atoms. The molecule has 0 aromatic heterocycles. The Bertz CT molecular complexity index is 119. The lowest BCUT2D eigenvalue weighted by Gasteiger charge is -2.28. The van der Waals surface area contributed by atoms with Crippen LogP contribution in [-0.2, 0) is 0 Å². The summed E-state index contributed by atoms with van der Waals surface area (Å²) in [4.78, 5) is 0. The molecule has 0 spiro atoms. The van der Waals surface area contributed by atoms with Crippen molar-refractivity contribution in [3.05, 3.63) is 0 Å². The van der Waals surface area contributed by atoms with E-state index >= 15 is 0 Å². The van der Waals surface area contributed by atoms with E-state index in [9.17, 15) is 0 Å². The Labute approximate surface area is 100 Å². The van der Waals surface area contributed by atoms with Crippen molar-refractivity contribution in [2.75, 3.05) is 0 Å². The molecule has 84 valence electrons. The van der Waals surface area contributed by atoms with Gasteiger partial charge in [0.05, 0.1) is 0 Å². The van der Waals surface area contributed by atoms with Gasteiger partial charge in [-0.2, -0.15) is 25.3 Å². The van der Waals surface area contributed by atoms with Gasteiger partial charge in [-0.05, 0) is 25.7 Å². The van der Waals surface area contributed by atoms with Crippen LogP contribution in [-0.4, -0.2) is 10.5 Å². The van der Waals surface area contributed by atoms with Crippen LogP contribution in [0, 0.1) is 0 Å². The maximum Gasteiger partial charge on any atom is 0.00498 e. The molecule has 2 aliphatic rings. The van der Waals surface area contributed by atoms with Crippen molar-refractivity contribution >= 4 is 25.3 Å². The van der Waals surface area contributed by atoms with Crippen LogP contribution in [0.5, 0.6) is 0 Å². The SMILES string of the molecule is C1CCC(SC2CCCCC2)CC1.S. The van der Waals surface area contributed by atoms with Crippen LogP contribution in [0.4, 0.5) is 0 Å². The number of rotatable bonds is 2. The molecule has 0 aromatic carbocycles. The van der Waals surface area contributed by atoms with E-state index < -0.39 is 0 Å². The Hall–Kier alpha value is 0.700. The second-order valence-corrected chi connectivity index (χ2v) is 6.26. The fourth-order valence-electron chi connectivity index (χ4n) is 2.67. The fraction of sp³-hybridized carbons (Fsp3) is 1.00. The van der Waals surface area contributed by atoms with Crippen LogP contribution in [0.15, 0.2) is 0 Å². The molecule has 0 aliphatic heterocycles. The third-order valence-corrected chi connectivity index (χ3v) is 5.20. The van der Waals surface area contributed by atoms with Gasteiger partial charge in [0.1, 0.15) is 0 Å². The third kappa shape index (κ3) is 4.06. The van der Waals surface area contributed by atoms with Gasteiger partial charge >= 0.3 is 0 Å². The van der Waals surface area contributed by atoms with Crippen molar-refractivity contribution in [2.24, 2.45) is 0 Å². The highest BCUT2D eigenvalue weighted by molar-refractivity contribution is 8.00. The van der Waals surface area contributed by atoms with Gasteiger partial charge < -0.3 is 0 Å². The molecule has 0 nitrogen and oxygen atoms in total. The van der Waals surface area contributed by atoms with Gasteiger partial charge in [-0.3, -0.25) is 0 Å². The Morgan fingerprint density at radius 1 is 0.571 bits per heavy atom. The molecular formula is C12H24S2. The molecular weight excluding hydrogens is 208 g/mol. The minimum absolute atomic E-state index is 0. The molecule has 2 fully saturated rings. The van der Waals surface area contributed by atoms with Crippen LogP contribution < -0.4 is 0 Å². The highest BCUT2D eigenvalue weighted by Crippen LogP contribution is 2.36. The van der Waals surface area contributed by atoms with Crippen LogP contribution in [0.25, 0.3) is 0 Å². The van der Waals surface area contributed by atoms with Gasteiger partial charge in [0.15, 0.2) is 0 Å². The summed E-state index contributed by atoms with van der Waals surface area (Å²) in [5.41, 5.74) is 0. The predicted octanol–water partition coefficient (Wildman–Crippen LogP) is 4.50. The quantitative estimate of drug-likeness (QED) is 0.675. The standard InChI is InChI=1S/C12H22S.H2S/c1-3-7-11(8-4-1)13-12-9-5-2-6-10-12;/h11-12H,1-10H2;1H2. The molecule has 2 rings (SSSR count). The first-order valence-corrected chi connectivity index (χ1v) is 7.05. The summed E-state index contributed by atoms with van der Waals surface area (Å²) >= 11 is 2.34. The summed E-state index contributed by atoms with van der Waals surface area (Å²) < 4.78 is 0. The fourth-order valence-corrected chi connectivity index (χ4v) is 4.43. The van der Waals surface area contributed by atoms with E-state index in [0.717, 1.165) is 10.5 Å². The molecule has 0 unspecified atom stereocenters. The van der Waals surface area contributed by atoms with Gasteiger partial charge in [-0.25, -0.2) is 0 Å². The molecule has 0 heterocycles. The average Bonchev–Trinajstić information content (AvgIpc) is 2.21. The zero-order valence-corrected chi connectivity index (χ0v) is 11.0. The van der Waals surface area contributed by atoms with Gasteiger partial charge in [0.2, 0.25) is 0 Å². The zero-order chi connectivity index (χ0) is 8.93. The molecule has 0 atom stereocenters. The van der Waals surface area contributed by atoms with Crippen molar-refractivity contribution < 1.29 is 0 Å². The Balaban J connectivity index is 0.000000980. The van der Waals surface area contributed by atoms with Crippen LogP contribution >= 0.6 is 25.3 Å². The van der Waals surface area contributed by atoms with Gasteiger partial charge in [0, 0.05) is 10.5 Å². The normalized spacial score (nSPS) is 25.7. The maximum absolute atomic E-state index is 2.34. The highest BCUT2D eigenvalue weighted by atomic mass is 32.2. The minimum Gasteiger partial charge on any atom is -0.197 e. The largest absolute Gasteiger partial charge is 0.197 e. The van der Waals surface area contributed by atoms with E-state index in [4.69, 9.17) is 0 Å². The number of hydrogen-bond acceptors (Lipinski definition) is 1. The molecule has 0 saturated heterocycles. The molecule has 0 radical (unpaired) electrons. The molecule has 2 heteroatoms. The van der Waals surface area contributed by atoms with E-state index in [1.807, 2.05) is 0 Å². The number of hydrogen-bond donors (Lipinski definition) is 0. The highest BCUT2D eigenvalue weighted by Gasteiger charge is 2.20. The van der Waals surface area contributed by atoms with Crippen LogP contribution in [0.3, 0.4) is 0 Å². The Morgan fingerprint density at radius 3 is 1.29 bits per heavy atom. The smallest absolute Gasteiger partial charge is 0.00498 e. The monoisotopic (exact) mass is 232 g/mol. The van der Waals surface area contributed by atoms with Crippen molar-refractivity contribution in [3.63, 3.8) is 0 Å². The van der Waals surface area contributed by atoms with Crippen LogP contribution in [0.1, 0.15) is 64.2 Å². The van der Waals surface area contributed by atoms with Crippen molar-refractivity contribution in [2.45, 2.75) is 74.7 Å². The first-order valence-electron chi connectivity index (χ1n) is 6.10. The summed E-state index contributed by atoms with van der Waals surface area (Å²) in [6.07, 6.45) is 15.1. The summed E-state index contributed by atoms with van der Waals surface area (Å²) in [7, 11) is 0. The lowest BCUT2D eigenvalue weighted by molar-refractivity contribution is 0.495. The first kappa shape index (κ1) is 12.8. The van der Waals surface area contributed by atoms with Crippen LogP contribution in [0.2, 0.25) is 0 Å². The Kier molecular flexibility index (Phi) is 6.43. The second-order valence-electron chi connectivity index (χ2n) is 4.66. The molecule has 2 saturated carbocycles. The Morgan fingerprint density at radius 2 is 0.929 bits per heavy atom. The summed E-state index contributed by atoms with van der Waals surface area (Å²) in [5.74, 6) is 0. The van der Waals surface area contributed by atoms with Gasteiger partial charge in [0.25, 0.3) is 0 Å². The lowest BCUT2D eigenvalue weighted by Crippen LogP contribution is -2.16. The van der Waals surface area contributed by atoms with E-state index in [0.29, 0.717) is 0 Å². The molecule has 0 N–H and O–H groups in total. The van der Waals surface area contributed by atoms with Crippen molar-refractivity contribution in [1.29, 1.82) is 0 Å². The summed E-state index contributed by atoms with van der Waals surface area (Å²) in [6, 6.07) is 0. The molecule has 0 amide bonds.